The van der Waals surface area contributed by atoms with Crippen molar-refractivity contribution in [1.82, 2.24) is 9.97 Å². The molecule has 0 fully saturated rings. The molecule has 5 nitrogen and oxygen atoms in total. The molecular formula is C11H14F2N4OS. The minimum absolute atomic E-state index is 0.259. The number of hydrogen-bond donors (Lipinski definition) is 3. The molecular weight excluding hydrogens is 274 g/mol. The normalized spacial score (nSPS) is 12.9. The molecule has 8 heteroatoms. The lowest BCUT2D eigenvalue weighted by atomic mass is 10.3. The van der Waals surface area contributed by atoms with Gasteiger partial charge in [-0.1, -0.05) is 0 Å². The lowest BCUT2D eigenvalue weighted by Crippen LogP contribution is -2.27. The average Bonchev–Trinajstić information content (AvgIpc) is 2.84. The number of aliphatic hydroxyl groups is 1. The Kier molecular flexibility index (Phi) is 4.43. The molecule has 2 aromatic heterocycles. The summed E-state index contributed by atoms with van der Waals surface area (Å²) in [5.41, 5.74) is 0. The van der Waals surface area contributed by atoms with E-state index in [2.05, 4.69) is 20.6 Å². The fraction of sp³-hybridized carbons (Fsp3) is 0.455. The molecule has 1 unspecified atom stereocenters. The zero-order valence-corrected chi connectivity index (χ0v) is 11.0. The van der Waals surface area contributed by atoms with E-state index in [-0.39, 0.29) is 6.54 Å². The van der Waals surface area contributed by atoms with E-state index >= 15 is 0 Å². The van der Waals surface area contributed by atoms with Crippen LogP contribution < -0.4 is 10.6 Å². The summed E-state index contributed by atoms with van der Waals surface area (Å²) in [5, 5.41) is 17.4. The molecule has 104 valence electrons. The van der Waals surface area contributed by atoms with Crippen LogP contribution in [0.1, 0.15) is 6.92 Å². The van der Waals surface area contributed by atoms with Crippen molar-refractivity contribution in [2.24, 2.45) is 0 Å². The van der Waals surface area contributed by atoms with Crippen molar-refractivity contribution in [3.63, 3.8) is 0 Å². The number of thiophene rings is 1. The van der Waals surface area contributed by atoms with Gasteiger partial charge in [-0.3, -0.25) is 0 Å². The summed E-state index contributed by atoms with van der Waals surface area (Å²) in [6.45, 7) is 2.32. The minimum Gasteiger partial charge on any atom is -0.385 e. The van der Waals surface area contributed by atoms with E-state index < -0.39 is 12.5 Å². The molecule has 0 aromatic carbocycles. The topological polar surface area (TPSA) is 70.1 Å². The highest BCUT2D eigenvalue weighted by Gasteiger charge is 2.17. The maximum absolute atomic E-state index is 12.3. The number of nitrogens with one attached hydrogen (secondary N) is 2. The molecule has 2 heterocycles. The van der Waals surface area contributed by atoms with Crippen LogP contribution in [0, 0.1) is 0 Å². The van der Waals surface area contributed by atoms with Gasteiger partial charge in [0.15, 0.2) is 0 Å². The highest BCUT2D eigenvalue weighted by molar-refractivity contribution is 7.16. The van der Waals surface area contributed by atoms with Gasteiger partial charge in [0, 0.05) is 13.1 Å². The standard InChI is InChI=1S/C11H14F2N4OS/c1-2-14-11-16-9(15-5-7(18)8(12)13)6-3-4-19-10(6)17-11/h3-4,7-8,18H,2,5H2,1H3,(H2,14,15,16,17). The molecule has 0 radical (unpaired) electrons. The SMILES string of the molecule is CCNc1nc(NCC(O)C(F)F)c2ccsc2n1. The van der Waals surface area contributed by atoms with Crippen LogP contribution in [0.25, 0.3) is 10.2 Å². The summed E-state index contributed by atoms with van der Waals surface area (Å²) in [7, 11) is 0. The van der Waals surface area contributed by atoms with Crippen LogP contribution in [-0.4, -0.2) is 40.7 Å². The van der Waals surface area contributed by atoms with E-state index in [1.165, 1.54) is 11.3 Å². The summed E-state index contributed by atoms with van der Waals surface area (Å²) < 4.78 is 24.5. The number of rotatable bonds is 6. The second-order valence-electron chi connectivity index (χ2n) is 3.85. The van der Waals surface area contributed by atoms with Crippen LogP contribution in [0.2, 0.25) is 0 Å². The van der Waals surface area contributed by atoms with E-state index in [9.17, 15) is 8.78 Å². The van der Waals surface area contributed by atoms with E-state index in [0.717, 1.165) is 10.2 Å². The molecule has 0 saturated heterocycles. The van der Waals surface area contributed by atoms with Gasteiger partial charge in [0.2, 0.25) is 5.95 Å². The number of nitrogens with zero attached hydrogens (tertiary/aromatic N) is 2. The predicted octanol–water partition coefficient (Wildman–Crippen LogP) is 2.16. The molecule has 0 amide bonds. The molecule has 19 heavy (non-hydrogen) atoms. The lowest BCUT2D eigenvalue weighted by Gasteiger charge is -2.12. The van der Waals surface area contributed by atoms with Crippen molar-refractivity contribution in [2.45, 2.75) is 19.5 Å². The molecule has 2 aromatic rings. The van der Waals surface area contributed by atoms with Gasteiger partial charge < -0.3 is 15.7 Å². The van der Waals surface area contributed by atoms with Gasteiger partial charge in [-0.05, 0) is 18.4 Å². The maximum atomic E-state index is 12.3. The van der Waals surface area contributed by atoms with E-state index in [1.54, 1.807) is 0 Å². The number of aromatic nitrogens is 2. The van der Waals surface area contributed by atoms with Crippen molar-refractivity contribution in [2.75, 3.05) is 23.7 Å². The highest BCUT2D eigenvalue weighted by Crippen LogP contribution is 2.26. The summed E-state index contributed by atoms with van der Waals surface area (Å²) in [6.07, 6.45) is -4.49. The maximum Gasteiger partial charge on any atom is 0.265 e. The number of anilines is 2. The van der Waals surface area contributed by atoms with Gasteiger partial charge in [-0.25, -0.2) is 13.8 Å². The predicted molar refractivity (Wildman–Crippen MR) is 72.1 cm³/mol. The first-order valence-electron chi connectivity index (χ1n) is 5.81. The number of aliphatic hydroxyl groups excluding tert-OH is 1. The largest absolute Gasteiger partial charge is 0.385 e. The van der Waals surface area contributed by atoms with Crippen LogP contribution in [0.15, 0.2) is 11.4 Å². The van der Waals surface area contributed by atoms with Gasteiger partial charge in [0.1, 0.15) is 16.8 Å². The van der Waals surface area contributed by atoms with E-state index in [1.807, 2.05) is 18.4 Å². The van der Waals surface area contributed by atoms with Gasteiger partial charge in [0.05, 0.1) is 5.39 Å². The first-order valence-corrected chi connectivity index (χ1v) is 6.69. The Balaban J connectivity index is 2.22. The smallest absolute Gasteiger partial charge is 0.265 e. The van der Waals surface area contributed by atoms with Gasteiger partial charge in [-0.15, -0.1) is 11.3 Å². The van der Waals surface area contributed by atoms with Crippen LogP contribution in [-0.2, 0) is 0 Å². The molecule has 1 atom stereocenters. The molecule has 3 N–H and O–H groups in total. The van der Waals surface area contributed by atoms with Crippen molar-refractivity contribution in [1.29, 1.82) is 0 Å². The molecule has 0 spiro atoms. The minimum atomic E-state index is -2.78. The van der Waals surface area contributed by atoms with Gasteiger partial charge in [-0.2, -0.15) is 4.98 Å². The fourth-order valence-electron chi connectivity index (χ4n) is 1.52. The summed E-state index contributed by atoms with van der Waals surface area (Å²) in [5.74, 6) is 0.883. The fourth-order valence-corrected chi connectivity index (χ4v) is 2.28. The van der Waals surface area contributed by atoms with Crippen LogP contribution >= 0.6 is 11.3 Å². The van der Waals surface area contributed by atoms with E-state index in [4.69, 9.17) is 5.11 Å². The van der Waals surface area contributed by atoms with Crippen LogP contribution in [0.4, 0.5) is 20.5 Å². The zero-order chi connectivity index (χ0) is 13.8. The van der Waals surface area contributed by atoms with Gasteiger partial charge in [0.25, 0.3) is 6.43 Å². The highest BCUT2D eigenvalue weighted by atomic mass is 32.1. The number of alkyl halides is 2. The average molecular weight is 288 g/mol. The Morgan fingerprint density at radius 2 is 2.16 bits per heavy atom. The second kappa shape index (κ2) is 6.07. The second-order valence-corrected chi connectivity index (χ2v) is 4.74. The number of hydrogen-bond acceptors (Lipinski definition) is 6. The molecule has 0 aliphatic rings. The Morgan fingerprint density at radius 1 is 1.37 bits per heavy atom. The Bertz CT molecular complexity index is 548. The van der Waals surface area contributed by atoms with Crippen molar-refractivity contribution in [3.05, 3.63) is 11.4 Å². The summed E-state index contributed by atoms with van der Waals surface area (Å²) >= 11 is 1.44. The number of halogens is 2. The number of fused-ring (bicyclic) bond motifs is 1. The van der Waals surface area contributed by atoms with Crippen molar-refractivity contribution >= 4 is 33.3 Å². The molecule has 0 bridgehead atoms. The van der Waals surface area contributed by atoms with Crippen LogP contribution in [0.3, 0.4) is 0 Å². The monoisotopic (exact) mass is 288 g/mol. The molecule has 0 aliphatic carbocycles. The quantitative estimate of drug-likeness (QED) is 0.760. The zero-order valence-electron chi connectivity index (χ0n) is 10.2. The summed E-state index contributed by atoms with van der Waals surface area (Å²) in [6, 6.07) is 1.81. The lowest BCUT2D eigenvalue weighted by molar-refractivity contribution is 0.00382. The van der Waals surface area contributed by atoms with Crippen LogP contribution in [0.5, 0.6) is 0 Å². The third-order valence-corrected chi connectivity index (χ3v) is 3.24. The Labute approximate surface area is 112 Å². The Morgan fingerprint density at radius 3 is 2.84 bits per heavy atom. The molecule has 0 aliphatic heterocycles. The van der Waals surface area contributed by atoms with Gasteiger partial charge >= 0.3 is 0 Å². The molecule has 0 saturated carbocycles. The van der Waals surface area contributed by atoms with Crippen molar-refractivity contribution < 1.29 is 13.9 Å². The van der Waals surface area contributed by atoms with E-state index in [0.29, 0.717) is 18.3 Å². The Hall–Kier alpha value is -1.54. The third-order valence-electron chi connectivity index (χ3n) is 2.43. The first kappa shape index (κ1) is 13.9. The third kappa shape index (κ3) is 3.27. The first-order chi connectivity index (χ1) is 9.11. The molecule has 2 rings (SSSR count). The van der Waals surface area contributed by atoms with Crippen molar-refractivity contribution in [3.8, 4) is 0 Å². The summed E-state index contributed by atoms with van der Waals surface area (Å²) in [4.78, 5) is 9.27.